The van der Waals surface area contributed by atoms with Crippen LogP contribution in [0.5, 0.6) is 0 Å². The summed E-state index contributed by atoms with van der Waals surface area (Å²) in [5, 5.41) is 4.99. The van der Waals surface area contributed by atoms with Gasteiger partial charge in [0.2, 0.25) is 1.43 Å². The smallest absolute Gasteiger partial charge is 0.211 e. The Hall–Kier alpha value is -1.19. The van der Waals surface area contributed by atoms with E-state index in [0.717, 1.165) is 24.9 Å². The number of carbonyl (C=O) groups is 1. The van der Waals surface area contributed by atoms with Crippen molar-refractivity contribution in [3.8, 4) is 0 Å². The molecular formula is C16H23NO2. The summed E-state index contributed by atoms with van der Waals surface area (Å²) in [5.41, 5.74) is 1.12. The molecule has 0 amide bonds. The highest BCUT2D eigenvalue weighted by Gasteiger charge is 2.35. The summed E-state index contributed by atoms with van der Waals surface area (Å²) in [6.07, 6.45) is 2.40. The van der Waals surface area contributed by atoms with Gasteiger partial charge in [-0.3, -0.25) is 4.79 Å². The lowest BCUT2D eigenvalue weighted by Gasteiger charge is -2.30. The van der Waals surface area contributed by atoms with E-state index in [2.05, 4.69) is 4.90 Å². The maximum absolute atomic E-state index is 12.0. The zero-order valence-corrected chi connectivity index (χ0v) is 11.7. The van der Waals surface area contributed by atoms with Crippen LogP contribution in [0.4, 0.5) is 0 Å². The Morgan fingerprint density at radius 3 is 2.79 bits per heavy atom. The Morgan fingerprint density at radius 1 is 1.53 bits per heavy atom. The van der Waals surface area contributed by atoms with Crippen LogP contribution in [0.1, 0.15) is 25.3 Å². The number of benzene rings is 1. The Balaban J connectivity index is 2.15. The van der Waals surface area contributed by atoms with Crippen LogP contribution in [0.25, 0.3) is 0 Å². The number of carbonyl (C=O) groups excluding carboxylic acids is 1. The molecule has 0 bridgehead atoms. The highest BCUT2D eigenvalue weighted by Crippen LogP contribution is 2.25. The van der Waals surface area contributed by atoms with E-state index in [4.69, 9.17) is 6.54 Å². The molecule has 1 saturated heterocycles. The third-order valence-corrected chi connectivity index (χ3v) is 4.17. The molecule has 0 aromatic heterocycles. The first-order chi connectivity index (χ1) is 9.63. The third kappa shape index (κ3) is 3.43. The molecule has 104 valence electrons. The van der Waals surface area contributed by atoms with E-state index in [1.54, 1.807) is 6.92 Å². The fourth-order valence-corrected chi connectivity index (χ4v) is 2.98. The van der Waals surface area contributed by atoms with Crippen LogP contribution in [-0.4, -0.2) is 43.0 Å². The van der Waals surface area contributed by atoms with E-state index < -0.39 is 0 Å². The molecule has 1 aromatic carbocycles. The maximum atomic E-state index is 12.0. The number of ketones is 1. The number of likely N-dealkylation sites (tertiary alicyclic amines) is 1. The van der Waals surface area contributed by atoms with E-state index in [-0.39, 0.29) is 23.8 Å². The first-order valence-electron chi connectivity index (χ1n) is 7.41. The second-order valence-electron chi connectivity index (χ2n) is 5.56. The van der Waals surface area contributed by atoms with Crippen molar-refractivity contribution in [3.05, 3.63) is 35.9 Å². The summed E-state index contributed by atoms with van der Waals surface area (Å²) in [5.74, 6) is -0.146. The van der Waals surface area contributed by atoms with Crippen molar-refractivity contribution in [1.29, 1.82) is 1.43 Å². The predicted molar refractivity (Wildman–Crippen MR) is 76.0 cm³/mol. The average molecular weight is 263 g/mol. The molecule has 3 nitrogen and oxygen atoms in total. The molecule has 0 radical (unpaired) electrons. The molecule has 0 spiro atoms. The standard InChI is InChI=1S/C16H23NO2/c1-12(18)14(11-13-7-4-3-5-8-13)16(19)15-9-6-10-17(15)2/h3-5,7-8,14-16,19H,6,9-11H2,1-2H3/i19T. The molecule has 1 aromatic rings. The monoisotopic (exact) mass is 263 g/mol. The van der Waals surface area contributed by atoms with Crippen molar-refractivity contribution < 1.29 is 9.90 Å². The lowest BCUT2D eigenvalue weighted by Crippen LogP contribution is -2.44. The van der Waals surface area contributed by atoms with Gasteiger partial charge in [0, 0.05) is 12.0 Å². The molecule has 1 N–H and O–H groups in total. The number of rotatable bonds is 6. The van der Waals surface area contributed by atoms with Crippen molar-refractivity contribution >= 4 is 5.78 Å². The molecular weight excluding hydrogens is 238 g/mol. The van der Waals surface area contributed by atoms with Gasteiger partial charge in [0.05, 0.1) is 6.10 Å². The summed E-state index contributed by atoms with van der Waals surface area (Å²) in [6, 6.07) is 10.1. The maximum Gasteiger partial charge on any atom is 0.211 e. The van der Waals surface area contributed by atoms with Crippen LogP contribution in [0.3, 0.4) is 0 Å². The van der Waals surface area contributed by atoms with Crippen molar-refractivity contribution in [2.24, 2.45) is 5.92 Å². The molecule has 1 fully saturated rings. The van der Waals surface area contributed by atoms with Gasteiger partial charge < -0.3 is 10.0 Å². The summed E-state index contributed by atoms with van der Waals surface area (Å²) < 4.78 is 7.43. The fourth-order valence-electron chi connectivity index (χ4n) is 2.98. The lowest BCUT2D eigenvalue weighted by molar-refractivity contribution is -0.125. The number of hydrogen-bond donors (Lipinski definition) is 1. The zero-order valence-electron chi connectivity index (χ0n) is 12.7. The molecule has 3 heteroatoms. The third-order valence-electron chi connectivity index (χ3n) is 4.17. The summed E-state index contributed by atoms with van der Waals surface area (Å²) in [6.45, 7) is 2.62. The van der Waals surface area contributed by atoms with Gasteiger partial charge in [-0.25, -0.2) is 0 Å². The Labute approximate surface area is 116 Å². The summed E-state index contributed by atoms with van der Waals surface area (Å²) >= 11 is 0. The van der Waals surface area contributed by atoms with Crippen LogP contribution < -0.4 is 0 Å². The zero-order chi connectivity index (χ0) is 14.5. The topological polar surface area (TPSA) is 40.5 Å². The lowest BCUT2D eigenvalue weighted by atomic mass is 9.86. The first-order valence-corrected chi connectivity index (χ1v) is 7.00. The molecule has 1 aliphatic heterocycles. The fraction of sp³-hybridized carbons (Fsp3) is 0.562. The number of nitrogens with zero attached hydrogens (tertiary/aromatic N) is 1. The van der Waals surface area contributed by atoms with Crippen LogP contribution in [0, 0.1) is 5.92 Å². The van der Waals surface area contributed by atoms with Gasteiger partial charge in [-0.2, -0.15) is 0 Å². The minimum atomic E-state index is -0.347. The summed E-state index contributed by atoms with van der Waals surface area (Å²) in [7, 11) is 2.05. The molecule has 3 unspecified atom stereocenters. The normalized spacial score (nSPS) is 23.9. The highest BCUT2D eigenvalue weighted by molar-refractivity contribution is 5.79. The van der Waals surface area contributed by atoms with Gasteiger partial charge in [-0.05, 0) is 45.3 Å². The van der Waals surface area contributed by atoms with Gasteiger partial charge in [0.15, 0.2) is 0 Å². The largest absolute Gasteiger partial charge is 0.391 e. The minimum Gasteiger partial charge on any atom is -0.391 e. The number of Topliss-reactive ketones (excluding diaryl/α,β-unsaturated/α-hetero) is 1. The Bertz CT molecular complexity index is 437. The molecule has 0 aliphatic carbocycles. The van der Waals surface area contributed by atoms with E-state index in [1.807, 2.05) is 37.4 Å². The SMILES string of the molecule is [3H]OC(C(Cc1ccccc1)C(C)=O)C1CCCN1C. The Kier molecular flexibility index (Phi) is 4.26. The first kappa shape index (κ1) is 12.8. The second kappa shape index (κ2) is 6.31. The molecule has 19 heavy (non-hydrogen) atoms. The molecule has 1 aliphatic rings. The van der Waals surface area contributed by atoms with Crippen LogP contribution in [-0.2, 0) is 11.2 Å². The quantitative estimate of drug-likeness (QED) is 0.852. The van der Waals surface area contributed by atoms with Gasteiger partial charge in [-0.1, -0.05) is 30.3 Å². The van der Waals surface area contributed by atoms with Crippen molar-refractivity contribution in [3.63, 3.8) is 0 Å². The van der Waals surface area contributed by atoms with Crippen molar-refractivity contribution in [1.82, 2.24) is 4.90 Å². The van der Waals surface area contributed by atoms with Gasteiger partial charge >= 0.3 is 0 Å². The molecule has 0 saturated carbocycles. The van der Waals surface area contributed by atoms with Crippen LogP contribution >= 0.6 is 0 Å². The molecule has 1 heterocycles. The van der Waals surface area contributed by atoms with Crippen molar-refractivity contribution in [2.75, 3.05) is 13.6 Å². The average Bonchev–Trinajstić information content (AvgIpc) is 2.86. The number of aliphatic hydroxyl groups excluding tert-OH is 1. The van der Waals surface area contributed by atoms with E-state index in [0.29, 0.717) is 6.42 Å². The van der Waals surface area contributed by atoms with E-state index >= 15 is 0 Å². The Morgan fingerprint density at radius 2 is 2.26 bits per heavy atom. The highest BCUT2D eigenvalue weighted by atomic mass is 16.3. The summed E-state index contributed by atoms with van der Waals surface area (Å²) in [4.78, 5) is 14.2. The van der Waals surface area contributed by atoms with Gasteiger partial charge in [0.1, 0.15) is 5.78 Å². The molecule has 3 atom stereocenters. The van der Waals surface area contributed by atoms with Crippen LogP contribution in [0.2, 0.25) is 0 Å². The molecule has 2 rings (SSSR count). The van der Waals surface area contributed by atoms with E-state index in [1.165, 1.54) is 0 Å². The number of aliphatic hydroxyl groups is 1. The predicted octanol–water partition coefficient (Wildman–Crippen LogP) is 1.89. The van der Waals surface area contributed by atoms with E-state index in [9.17, 15) is 4.79 Å². The van der Waals surface area contributed by atoms with Crippen LogP contribution in [0.15, 0.2) is 30.3 Å². The van der Waals surface area contributed by atoms with Gasteiger partial charge in [0.25, 0.3) is 0 Å². The van der Waals surface area contributed by atoms with Gasteiger partial charge in [-0.15, -0.1) is 0 Å². The number of hydrogen-bond acceptors (Lipinski definition) is 3. The second-order valence-corrected chi connectivity index (χ2v) is 5.56. The minimum absolute atomic E-state index is 0.103. The van der Waals surface area contributed by atoms with Crippen molar-refractivity contribution in [2.45, 2.75) is 38.3 Å². The number of likely N-dealkylation sites (N-methyl/N-ethyl adjacent to an activating group) is 1.